The summed E-state index contributed by atoms with van der Waals surface area (Å²) >= 11 is 1.91. The molecule has 23 heavy (non-hydrogen) atoms. The smallest absolute Gasteiger partial charge is 0.189 e. The molecule has 0 saturated heterocycles. The molecule has 2 heteroatoms. The Balaban J connectivity index is 1.59. The van der Waals surface area contributed by atoms with E-state index in [4.69, 9.17) is 0 Å². The zero-order chi connectivity index (χ0) is 16.5. The second-order valence-electron chi connectivity index (χ2n) is 6.91. The van der Waals surface area contributed by atoms with Crippen molar-refractivity contribution >= 4 is 21.6 Å². The molecule has 1 heterocycles. The summed E-state index contributed by atoms with van der Waals surface area (Å²) in [7, 11) is 2.16. The van der Waals surface area contributed by atoms with Crippen LogP contribution in [0.4, 0.5) is 0 Å². The van der Waals surface area contributed by atoms with Gasteiger partial charge in [-0.3, -0.25) is 0 Å². The lowest BCUT2D eigenvalue weighted by Crippen LogP contribution is -2.28. The normalized spacial score (nSPS) is 11.4. The molecule has 1 aromatic carbocycles. The Morgan fingerprint density at radius 1 is 0.870 bits per heavy atom. The second kappa shape index (κ2) is 10.1. The molecule has 0 aliphatic heterocycles. The Kier molecular flexibility index (Phi) is 8.08. The van der Waals surface area contributed by atoms with E-state index in [1.54, 1.807) is 0 Å². The molecule has 0 spiro atoms. The molecule has 1 aromatic heterocycles. The van der Waals surface area contributed by atoms with Gasteiger partial charge in [-0.15, -0.1) is 0 Å². The van der Waals surface area contributed by atoms with Gasteiger partial charge in [-0.2, -0.15) is 4.57 Å². The number of thiazole rings is 1. The first-order valence-corrected chi connectivity index (χ1v) is 10.4. The van der Waals surface area contributed by atoms with Gasteiger partial charge in [0.2, 0.25) is 10.5 Å². The molecular weight excluding hydrogens is 298 g/mol. The molecule has 0 amide bonds. The third-order valence-corrected chi connectivity index (χ3v) is 6.05. The minimum Gasteiger partial charge on any atom is -0.189 e. The van der Waals surface area contributed by atoms with Crippen LogP contribution in [0.15, 0.2) is 18.2 Å². The van der Waals surface area contributed by atoms with Crippen LogP contribution >= 0.6 is 11.3 Å². The van der Waals surface area contributed by atoms with Crippen molar-refractivity contribution in [3.8, 4) is 0 Å². The molecule has 0 atom stereocenters. The summed E-state index contributed by atoms with van der Waals surface area (Å²) in [5.41, 5.74) is 2.89. The van der Waals surface area contributed by atoms with Crippen LogP contribution in [0.5, 0.6) is 0 Å². The average molecular weight is 333 g/mol. The summed E-state index contributed by atoms with van der Waals surface area (Å²) in [6.45, 7) is 4.49. The fourth-order valence-corrected chi connectivity index (χ4v) is 4.36. The number of aromatic nitrogens is 1. The fraction of sp³-hybridized carbons (Fsp3) is 0.667. The lowest BCUT2D eigenvalue weighted by atomic mass is 10.0. The zero-order valence-corrected chi connectivity index (χ0v) is 16.2. The van der Waals surface area contributed by atoms with Crippen LogP contribution < -0.4 is 4.57 Å². The maximum absolute atomic E-state index is 2.40. The molecule has 0 fully saturated rings. The third-order valence-electron chi connectivity index (χ3n) is 4.93. The molecule has 2 aromatic rings. The fourth-order valence-electron chi connectivity index (χ4n) is 3.29. The van der Waals surface area contributed by atoms with Gasteiger partial charge in [-0.25, -0.2) is 0 Å². The number of unbranched alkanes of at least 4 members (excludes halogenated alkanes) is 9. The summed E-state index contributed by atoms with van der Waals surface area (Å²) in [5.74, 6) is 0. The number of aryl methyl sites for hydroxylation is 3. The molecular formula is C21H34NS+. The Morgan fingerprint density at radius 3 is 2.13 bits per heavy atom. The van der Waals surface area contributed by atoms with Crippen LogP contribution in [0.1, 0.15) is 81.7 Å². The van der Waals surface area contributed by atoms with E-state index in [1.807, 2.05) is 11.3 Å². The van der Waals surface area contributed by atoms with Crippen LogP contribution in [0, 0.1) is 6.92 Å². The van der Waals surface area contributed by atoms with Crippen molar-refractivity contribution in [1.82, 2.24) is 0 Å². The summed E-state index contributed by atoms with van der Waals surface area (Å²) in [6.07, 6.45) is 15.4. The first kappa shape index (κ1) is 18.4. The number of benzene rings is 1. The largest absolute Gasteiger partial charge is 0.234 e. The van der Waals surface area contributed by atoms with E-state index in [2.05, 4.69) is 43.7 Å². The molecule has 0 bridgehead atoms. The maximum Gasteiger partial charge on any atom is 0.234 e. The van der Waals surface area contributed by atoms with Gasteiger partial charge in [0.1, 0.15) is 11.7 Å². The van der Waals surface area contributed by atoms with E-state index in [0.717, 1.165) is 0 Å². The highest BCUT2D eigenvalue weighted by atomic mass is 32.1. The molecule has 0 unspecified atom stereocenters. The summed E-state index contributed by atoms with van der Waals surface area (Å²) in [6, 6.07) is 7.02. The Labute approximate surface area is 146 Å². The van der Waals surface area contributed by atoms with E-state index in [9.17, 15) is 0 Å². The first-order chi connectivity index (χ1) is 11.2. The molecule has 0 saturated carbocycles. The van der Waals surface area contributed by atoms with Gasteiger partial charge >= 0.3 is 0 Å². The number of rotatable bonds is 11. The maximum atomic E-state index is 2.40. The predicted molar refractivity (Wildman–Crippen MR) is 103 cm³/mol. The molecule has 0 N–H and O–H groups in total. The van der Waals surface area contributed by atoms with Crippen molar-refractivity contribution in [2.24, 2.45) is 7.05 Å². The third kappa shape index (κ3) is 5.91. The van der Waals surface area contributed by atoms with Crippen LogP contribution in [0.2, 0.25) is 0 Å². The van der Waals surface area contributed by atoms with Crippen LogP contribution in [-0.4, -0.2) is 0 Å². The number of fused-ring (bicyclic) bond motifs is 1. The van der Waals surface area contributed by atoms with Crippen LogP contribution in [0.3, 0.4) is 0 Å². The van der Waals surface area contributed by atoms with Gasteiger partial charge in [0, 0.05) is 13.0 Å². The minimum atomic E-state index is 1.24. The Bertz CT molecular complexity index is 585. The first-order valence-electron chi connectivity index (χ1n) is 9.60. The highest BCUT2D eigenvalue weighted by Crippen LogP contribution is 2.22. The number of hydrogen-bond donors (Lipinski definition) is 0. The molecule has 0 radical (unpaired) electrons. The molecule has 0 aliphatic rings. The summed E-state index contributed by atoms with van der Waals surface area (Å²) in [4.78, 5) is 0. The van der Waals surface area contributed by atoms with Crippen LogP contribution in [0.25, 0.3) is 10.2 Å². The van der Waals surface area contributed by atoms with E-state index in [0.29, 0.717) is 0 Å². The summed E-state index contributed by atoms with van der Waals surface area (Å²) in [5, 5.41) is 1.39. The van der Waals surface area contributed by atoms with Crippen molar-refractivity contribution in [1.29, 1.82) is 0 Å². The van der Waals surface area contributed by atoms with Gasteiger partial charge in [0.05, 0.1) is 0 Å². The number of nitrogens with zero attached hydrogens (tertiary/aromatic N) is 1. The van der Waals surface area contributed by atoms with Crippen molar-refractivity contribution in [3.63, 3.8) is 0 Å². The average Bonchev–Trinajstić information content (AvgIpc) is 2.83. The monoisotopic (exact) mass is 332 g/mol. The predicted octanol–water partition coefficient (Wildman–Crippen LogP) is 6.50. The topological polar surface area (TPSA) is 3.88 Å². The van der Waals surface area contributed by atoms with Gasteiger partial charge in [-0.1, -0.05) is 82.1 Å². The Morgan fingerprint density at radius 2 is 1.48 bits per heavy atom. The van der Waals surface area contributed by atoms with Gasteiger partial charge in [-0.05, 0) is 24.5 Å². The lowest BCUT2D eigenvalue weighted by molar-refractivity contribution is -0.646. The quantitative estimate of drug-likeness (QED) is 0.327. The van der Waals surface area contributed by atoms with Gasteiger partial charge in [0.15, 0.2) is 0 Å². The highest BCUT2D eigenvalue weighted by Gasteiger charge is 2.12. The summed E-state index contributed by atoms with van der Waals surface area (Å²) < 4.78 is 3.74. The highest BCUT2D eigenvalue weighted by molar-refractivity contribution is 7.18. The molecule has 2 rings (SSSR count). The van der Waals surface area contributed by atoms with Crippen molar-refractivity contribution in [3.05, 3.63) is 28.8 Å². The molecule has 1 nitrogen and oxygen atoms in total. The Hall–Kier alpha value is -0.890. The minimum absolute atomic E-state index is 1.24. The van der Waals surface area contributed by atoms with Crippen molar-refractivity contribution < 1.29 is 4.57 Å². The standard InChI is InChI=1S/C21H34NS/c1-4-5-6-7-8-9-10-11-12-13-14-19-15-16-20-21(17-19)23-18(2)22(20)3/h15-17H,4-14H2,1-3H3/q+1. The van der Waals surface area contributed by atoms with E-state index in [-0.39, 0.29) is 0 Å². The van der Waals surface area contributed by atoms with Crippen molar-refractivity contribution in [2.75, 3.05) is 0 Å². The van der Waals surface area contributed by atoms with Gasteiger partial charge in [0.25, 0.3) is 0 Å². The molecule has 128 valence electrons. The van der Waals surface area contributed by atoms with E-state index >= 15 is 0 Å². The van der Waals surface area contributed by atoms with Crippen LogP contribution in [-0.2, 0) is 13.5 Å². The number of hydrogen-bond acceptors (Lipinski definition) is 1. The zero-order valence-electron chi connectivity index (χ0n) is 15.4. The lowest BCUT2D eigenvalue weighted by Gasteiger charge is -2.03. The van der Waals surface area contributed by atoms with Gasteiger partial charge < -0.3 is 0 Å². The second-order valence-corrected chi connectivity index (χ2v) is 8.15. The SMILES string of the molecule is CCCCCCCCCCCCc1ccc2c(c1)sc(C)[n+]2C. The molecule has 0 aliphatic carbocycles. The van der Waals surface area contributed by atoms with E-state index < -0.39 is 0 Å². The van der Waals surface area contributed by atoms with Crippen molar-refractivity contribution in [2.45, 2.75) is 84.5 Å². The van der Waals surface area contributed by atoms with E-state index in [1.165, 1.54) is 91.4 Å².